The molecular formula is C30H24F3N5OS. The molecule has 0 saturated heterocycles. The van der Waals surface area contributed by atoms with Gasteiger partial charge in [0, 0.05) is 35.8 Å². The summed E-state index contributed by atoms with van der Waals surface area (Å²) in [6.07, 6.45) is -1.00. The van der Waals surface area contributed by atoms with Gasteiger partial charge in [0.05, 0.1) is 12.1 Å². The first kappa shape index (κ1) is 27.1. The van der Waals surface area contributed by atoms with Crippen molar-refractivity contribution < 1.29 is 18.0 Å². The zero-order chi connectivity index (χ0) is 28.0. The summed E-state index contributed by atoms with van der Waals surface area (Å²) in [6.45, 7) is 0.531. The van der Waals surface area contributed by atoms with Crippen LogP contribution in [-0.4, -0.2) is 25.7 Å². The van der Waals surface area contributed by atoms with E-state index in [-0.39, 0.29) is 12.5 Å². The van der Waals surface area contributed by atoms with Crippen molar-refractivity contribution in [2.75, 3.05) is 0 Å². The van der Waals surface area contributed by atoms with E-state index < -0.39 is 11.7 Å². The molecule has 10 heteroatoms. The number of pyridine rings is 1. The zero-order valence-electron chi connectivity index (χ0n) is 21.2. The van der Waals surface area contributed by atoms with E-state index >= 15 is 0 Å². The van der Waals surface area contributed by atoms with Crippen molar-refractivity contribution in [2.24, 2.45) is 0 Å². The van der Waals surface area contributed by atoms with Gasteiger partial charge in [-0.05, 0) is 47.0 Å². The number of nitrogens with one attached hydrogen (secondary N) is 1. The lowest BCUT2D eigenvalue weighted by Crippen LogP contribution is -2.24. The van der Waals surface area contributed by atoms with Crippen molar-refractivity contribution in [1.29, 1.82) is 0 Å². The molecule has 0 unspecified atom stereocenters. The van der Waals surface area contributed by atoms with Crippen LogP contribution < -0.4 is 5.32 Å². The summed E-state index contributed by atoms with van der Waals surface area (Å²) in [6, 6.07) is 25.8. The second-order valence-corrected chi connectivity index (χ2v) is 9.89. The molecule has 2 heterocycles. The van der Waals surface area contributed by atoms with Crippen molar-refractivity contribution in [2.45, 2.75) is 30.2 Å². The Bertz CT molecular complexity index is 1590. The van der Waals surface area contributed by atoms with Crippen LogP contribution in [0.3, 0.4) is 0 Å². The van der Waals surface area contributed by atoms with Gasteiger partial charge in [0.25, 0.3) is 5.91 Å². The number of thioether (sulfide) groups is 1. The first-order chi connectivity index (χ1) is 19.4. The van der Waals surface area contributed by atoms with Crippen molar-refractivity contribution in [1.82, 2.24) is 25.1 Å². The number of benzene rings is 3. The van der Waals surface area contributed by atoms with Crippen molar-refractivity contribution in [3.8, 4) is 11.4 Å². The molecule has 0 fully saturated rings. The average Bonchev–Trinajstić information content (AvgIpc) is 3.37. The van der Waals surface area contributed by atoms with Crippen molar-refractivity contribution in [3.05, 3.63) is 131 Å². The van der Waals surface area contributed by atoms with Crippen LogP contribution in [0.4, 0.5) is 13.2 Å². The standard InChI is InChI=1S/C30H24F3N5OS/c31-30(32,33)25-13-6-10-22(16-25)17-35-28(39)26-14-5-4-11-24(26)20-40-29-37-36-27(23-12-7-15-34-18-23)38(29)19-21-8-2-1-3-9-21/h1-16,18H,17,19-20H2,(H,35,39). The molecule has 0 radical (unpaired) electrons. The molecule has 0 aliphatic rings. The van der Waals surface area contributed by atoms with E-state index in [4.69, 9.17) is 0 Å². The molecule has 40 heavy (non-hydrogen) atoms. The second-order valence-electron chi connectivity index (χ2n) is 8.95. The smallest absolute Gasteiger partial charge is 0.348 e. The monoisotopic (exact) mass is 559 g/mol. The number of alkyl halides is 3. The third kappa shape index (κ3) is 6.58. The normalized spacial score (nSPS) is 11.4. The van der Waals surface area contributed by atoms with Crippen LogP contribution in [0, 0.1) is 0 Å². The Kier molecular flexibility index (Phi) is 8.26. The molecule has 2 aromatic heterocycles. The lowest BCUT2D eigenvalue weighted by Gasteiger charge is -2.13. The Labute approximate surface area is 233 Å². The molecule has 202 valence electrons. The maximum absolute atomic E-state index is 13.1. The number of aromatic nitrogens is 4. The van der Waals surface area contributed by atoms with E-state index in [0.717, 1.165) is 28.8 Å². The predicted octanol–water partition coefficient (Wildman–Crippen LogP) is 6.63. The predicted molar refractivity (Wildman–Crippen MR) is 147 cm³/mol. The Morgan fingerprint density at radius 1 is 0.875 bits per heavy atom. The second kappa shape index (κ2) is 12.2. The van der Waals surface area contributed by atoms with Crippen LogP contribution in [0.5, 0.6) is 0 Å². The van der Waals surface area contributed by atoms with Crippen molar-refractivity contribution >= 4 is 17.7 Å². The number of hydrogen-bond acceptors (Lipinski definition) is 5. The number of carbonyl (C=O) groups is 1. The number of nitrogens with zero attached hydrogens (tertiary/aromatic N) is 4. The highest BCUT2D eigenvalue weighted by Crippen LogP contribution is 2.30. The van der Waals surface area contributed by atoms with E-state index in [2.05, 4.69) is 20.5 Å². The summed E-state index contributed by atoms with van der Waals surface area (Å²) in [7, 11) is 0. The molecule has 0 spiro atoms. The molecule has 1 amide bonds. The molecule has 0 bridgehead atoms. The fraction of sp³-hybridized carbons (Fsp3) is 0.133. The summed E-state index contributed by atoms with van der Waals surface area (Å²) in [5.41, 5.74) is 2.76. The highest BCUT2D eigenvalue weighted by atomic mass is 32.2. The SMILES string of the molecule is O=C(NCc1cccc(C(F)(F)F)c1)c1ccccc1CSc1nnc(-c2cccnc2)n1Cc1ccccc1. The molecule has 5 aromatic rings. The fourth-order valence-corrected chi connectivity index (χ4v) is 5.10. The number of halogens is 3. The van der Waals surface area contributed by atoms with Crippen LogP contribution in [0.15, 0.2) is 109 Å². The highest BCUT2D eigenvalue weighted by molar-refractivity contribution is 7.98. The average molecular weight is 560 g/mol. The molecule has 0 atom stereocenters. The number of rotatable bonds is 9. The molecular weight excluding hydrogens is 535 g/mol. The summed E-state index contributed by atoms with van der Waals surface area (Å²) in [5, 5.41) is 12.3. The fourth-order valence-electron chi connectivity index (χ4n) is 4.16. The van der Waals surface area contributed by atoms with Gasteiger partial charge in [-0.25, -0.2) is 0 Å². The molecule has 6 nitrogen and oxygen atoms in total. The molecule has 0 saturated carbocycles. The van der Waals surface area contributed by atoms with Gasteiger partial charge in [-0.3, -0.25) is 14.3 Å². The maximum Gasteiger partial charge on any atom is 0.416 e. The first-order valence-electron chi connectivity index (χ1n) is 12.4. The Morgan fingerprint density at radius 2 is 1.65 bits per heavy atom. The summed E-state index contributed by atoms with van der Waals surface area (Å²) < 4.78 is 41.2. The van der Waals surface area contributed by atoms with Gasteiger partial charge >= 0.3 is 6.18 Å². The number of amides is 1. The topological polar surface area (TPSA) is 72.7 Å². The van der Waals surface area contributed by atoms with Crippen LogP contribution in [-0.2, 0) is 25.0 Å². The Hall–Kier alpha value is -4.44. The molecule has 0 aliphatic heterocycles. The molecule has 3 aromatic carbocycles. The van der Waals surface area contributed by atoms with Crippen LogP contribution in [0.2, 0.25) is 0 Å². The van der Waals surface area contributed by atoms with Crippen LogP contribution in [0.1, 0.15) is 32.6 Å². The number of carbonyl (C=O) groups excluding carboxylic acids is 1. The highest BCUT2D eigenvalue weighted by Gasteiger charge is 2.30. The molecule has 5 rings (SSSR count). The molecule has 1 N–H and O–H groups in total. The van der Waals surface area contributed by atoms with Gasteiger partial charge in [-0.2, -0.15) is 13.2 Å². The zero-order valence-corrected chi connectivity index (χ0v) is 22.0. The lowest BCUT2D eigenvalue weighted by molar-refractivity contribution is -0.137. The van der Waals surface area contributed by atoms with Gasteiger partial charge in [0.1, 0.15) is 0 Å². The Morgan fingerprint density at radius 3 is 2.42 bits per heavy atom. The third-order valence-corrected chi connectivity index (χ3v) is 7.16. The lowest BCUT2D eigenvalue weighted by atomic mass is 10.1. The maximum atomic E-state index is 13.1. The largest absolute Gasteiger partial charge is 0.416 e. The van der Waals surface area contributed by atoms with E-state index in [9.17, 15) is 18.0 Å². The van der Waals surface area contributed by atoms with Crippen LogP contribution >= 0.6 is 11.8 Å². The van der Waals surface area contributed by atoms with E-state index in [1.165, 1.54) is 17.8 Å². The minimum absolute atomic E-state index is 0.0237. The summed E-state index contributed by atoms with van der Waals surface area (Å²) in [4.78, 5) is 17.3. The third-order valence-electron chi connectivity index (χ3n) is 6.15. The quantitative estimate of drug-likeness (QED) is 0.205. The van der Waals surface area contributed by atoms with E-state index in [0.29, 0.717) is 34.4 Å². The molecule has 0 aliphatic carbocycles. The van der Waals surface area contributed by atoms with Gasteiger partial charge in [-0.15, -0.1) is 10.2 Å². The van der Waals surface area contributed by atoms with Gasteiger partial charge in [0.2, 0.25) is 0 Å². The van der Waals surface area contributed by atoms with Crippen molar-refractivity contribution in [3.63, 3.8) is 0 Å². The van der Waals surface area contributed by atoms with Crippen LogP contribution in [0.25, 0.3) is 11.4 Å². The first-order valence-corrected chi connectivity index (χ1v) is 13.4. The van der Waals surface area contributed by atoms with Gasteiger partial charge < -0.3 is 5.32 Å². The van der Waals surface area contributed by atoms with Gasteiger partial charge in [0.15, 0.2) is 11.0 Å². The Balaban J connectivity index is 1.33. The summed E-state index contributed by atoms with van der Waals surface area (Å²) in [5.74, 6) is 0.759. The van der Waals surface area contributed by atoms with E-state index in [1.54, 1.807) is 30.6 Å². The summed E-state index contributed by atoms with van der Waals surface area (Å²) >= 11 is 1.45. The minimum atomic E-state index is -4.44. The van der Waals surface area contributed by atoms with Gasteiger partial charge in [-0.1, -0.05) is 72.4 Å². The van der Waals surface area contributed by atoms with E-state index in [1.807, 2.05) is 59.2 Å². The number of hydrogen-bond donors (Lipinski definition) is 1. The minimum Gasteiger partial charge on any atom is -0.348 e.